The second-order valence-corrected chi connectivity index (χ2v) is 8.98. The molecule has 0 radical (unpaired) electrons. The number of carbonyl (C=O) groups is 1. The first kappa shape index (κ1) is 20.6. The fraction of sp³-hybridized carbons (Fsp3) is 0.571. The maximum atomic E-state index is 12.9. The van der Waals surface area contributed by atoms with Gasteiger partial charge in [-0.05, 0) is 37.1 Å². The largest absolute Gasteiger partial charge is 0.347 e. The van der Waals surface area contributed by atoms with Crippen molar-refractivity contribution >= 4 is 34.2 Å². The average Bonchev–Trinajstić information content (AvgIpc) is 3.23. The summed E-state index contributed by atoms with van der Waals surface area (Å²) in [6, 6.07) is 7.82. The van der Waals surface area contributed by atoms with Crippen LogP contribution >= 0.6 is 23.1 Å². The normalized spacial score (nSPS) is 19.0. The van der Waals surface area contributed by atoms with Gasteiger partial charge in [-0.15, -0.1) is 0 Å². The van der Waals surface area contributed by atoms with E-state index in [2.05, 4.69) is 26.0 Å². The average molecular weight is 434 g/mol. The molecule has 8 heteroatoms. The topological polar surface area (TPSA) is 52.6 Å². The molecule has 3 heterocycles. The number of hydrogen-bond donors (Lipinski definition) is 0. The summed E-state index contributed by atoms with van der Waals surface area (Å²) >= 11 is 7.41. The minimum Gasteiger partial charge on any atom is -0.347 e. The second kappa shape index (κ2) is 9.41. The number of carbonyl (C=O) groups excluding carboxylic acids is 1. The third-order valence-electron chi connectivity index (χ3n) is 5.98. The molecule has 1 aromatic carbocycles. The van der Waals surface area contributed by atoms with E-state index in [0.29, 0.717) is 12.3 Å². The summed E-state index contributed by atoms with van der Waals surface area (Å²) in [6.07, 6.45) is 2.52. The summed E-state index contributed by atoms with van der Waals surface area (Å²) in [4.78, 5) is 24.4. The molecular formula is C21H28ClN5OS. The summed E-state index contributed by atoms with van der Waals surface area (Å²) in [5, 5.41) is 1.71. The molecule has 0 saturated carbocycles. The van der Waals surface area contributed by atoms with Crippen molar-refractivity contribution in [3.8, 4) is 0 Å². The molecule has 0 unspecified atom stereocenters. The van der Waals surface area contributed by atoms with Crippen LogP contribution in [-0.4, -0.2) is 70.9 Å². The second-order valence-electron chi connectivity index (χ2n) is 7.82. The molecule has 6 nitrogen and oxygen atoms in total. The fourth-order valence-corrected chi connectivity index (χ4v) is 4.95. The number of rotatable bonds is 5. The summed E-state index contributed by atoms with van der Waals surface area (Å²) in [5.41, 5.74) is 1.16. The number of anilines is 1. The standard InChI is InChI=1S/C21H28ClN5OS/c1-2-25-11-13-26(14-12-25)20(28)17-7-9-27(10-8-17)21-23-19(24-29-21)15-16-3-5-18(22)6-4-16/h3-6,17H,2,7-15H2,1H3. The van der Waals surface area contributed by atoms with Crippen LogP contribution in [0.3, 0.4) is 0 Å². The zero-order valence-corrected chi connectivity index (χ0v) is 18.5. The Kier molecular flexibility index (Phi) is 6.67. The molecule has 4 rings (SSSR count). The number of hydrogen-bond acceptors (Lipinski definition) is 6. The van der Waals surface area contributed by atoms with Gasteiger partial charge in [0, 0.05) is 68.2 Å². The summed E-state index contributed by atoms with van der Waals surface area (Å²) in [6.45, 7) is 8.75. The third kappa shape index (κ3) is 5.08. The number of benzene rings is 1. The molecule has 0 spiro atoms. The lowest BCUT2D eigenvalue weighted by Crippen LogP contribution is -2.51. The van der Waals surface area contributed by atoms with E-state index in [1.165, 1.54) is 11.5 Å². The quantitative estimate of drug-likeness (QED) is 0.724. The molecule has 2 aliphatic rings. The lowest BCUT2D eigenvalue weighted by atomic mass is 9.95. The first-order valence-electron chi connectivity index (χ1n) is 10.5. The molecule has 29 heavy (non-hydrogen) atoms. The van der Waals surface area contributed by atoms with Gasteiger partial charge < -0.3 is 14.7 Å². The predicted octanol–water partition coefficient (Wildman–Crippen LogP) is 3.16. The minimum absolute atomic E-state index is 0.154. The van der Waals surface area contributed by atoms with Crippen LogP contribution in [0, 0.1) is 5.92 Å². The van der Waals surface area contributed by atoms with E-state index in [0.717, 1.165) is 80.2 Å². The van der Waals surface area contributed by atoms with E-state index in [4.69, 9.17) is 16.6 Å². The van der Waals surface area contributed by atoms with Crippen LogP contribution in [-0.2, 0) is 11.2 Å². The molecule has 2 fully saturated rings. The number of piperidine rings is 1. The summed E-state index contributed by atoms with van der Waals surface area (Å²) in [5.74, 6) is 1.35. The van der Waals surface area contributed by atoms with E-state index in [1.807, 2.05) is 24.3 Å². The molecule has 2 aromatic rings. The van der Waals surface area contributed by atoms with Gasteiger partial charge in [0.05, 0.1) is 0 Å². The number of halogens is 1. The maximum absolute atomic E-state index is 12.9. The van der Waals surface area contributed by atoms with Gasteiger partial charge in [-0.25, -0.2) is 4.98 Å². The SMILES string of the molecule is CCN1CCN(C(=O)C2CCN(c3nc(Cc4ccc(Cl)cc4)ns3)CC2)CC1. The van der Waals surface area contributed by atoms with Crippen molar-refractivity contribution in [2.24, 2.45) is 5.92 Å². The highest BCUT2D eigenvalue weighted by Gasteiger charge is 2.31. The highest BCUT2D eigenvalue weighted by atomic mass is 35.5. The van der Waals surface area contributed by atoms with Gasteiger partial charge >= 0.3 is 0 Å². The Morgan fingerprint density at radius 1 is 1.10 bits per heavy atom. The van der Waals surface area contributed by atoms with Gasteiger partial charge in [-0.1, -0.05) is 30.7 Å². The van der Waals surface area contributed by atoms with Crippen LogP contribution in [0.25, 0.3) is 0 Å². The minimum atomic E-state index is 0.154. The Labute approximate surface area is 181 Å². The van der Waals surface area contributed by atoms with Gasteiger partial charge in [0.2, 0.25) is 11.0 Å². The molecule has 1 amide bonds. The van der Waals surface area contributed by atoms with Gasteiger partial charge in [0.1, 0.15) is 5.82 Å². The number of likely N-dealkylation sites (N-methyl/N-ethyl adjacent to an activating group) is 1. The smallest absolute Gasteiger partial charge is 0.225 e. The first-order valence-corrected chi connectivity index (χ1v) is 11.6. The lowest BCUT2D eigenvalue weighted by molar-refractivity contribution is -0.137. The third-order valence-corrected chi connectivity index (χ3v) is 7.05. The number of nitrogens with zero attached hydrogens (tertiary/aromatic N) is 5. The molecule has 0 atom stereocenters. The molecular weight excluding hydrogens is 406 g/mol. The first-order chi connectivity index (χ1) is 14.1. The van der Waals surface area contributed by atoms with Crippen molar-refractivity contribution in [1.29, 1.82) is 0 Å². The zero-order valence-electron chi connectivity index (χ0n) is 16.9. The number of piperazine rings is 1. The van der Waals surface area contributed by atoms with Crippen molar-refractivity contribution in [2.75, 3.05) is 50.7 Å². The van der Waals surface area contributed by atoms with Crippen LogP contribution in [0.15, 0.2) is 24.3 Å². The molecule has 0 aliphatic carbocycles. The summed E-state index contributed by atoms with van der Waals surface area (Å²) < 4.78 is 4.53. The van der Waals surface area contributed by atoms with E-state index < -0.39 is 0 Å². The van der Waals surface area contributed by atoms with Crippen LogP contribution in [0.2, 0.25) is 5.02 Å². The van der Waals surface area contributed by atoms with E-state index in [9.17, 15) is 4.79 Å². The monoisotopic (exact) mass is 433 g/mol. The Balaban J connectivity index is 1.28. The Morgan fingerprint density at radius 2 is 1.79 bits per heavy atom. The van der Waals surface area contributed by atoms with E-state index in [-0.39, 0.29) is 5.92 Å². The number of amides is 1. The summed E-state index contributed by atoms with van der Waals surface area (Å²) in [7, 11) is 0. The highest BCUT2D eigenvalue weighted by Crippen LogP contribution is 2.27. The van der Waals surface area contributed by atoms with Crippen LogP contribution in [0.1, 0.15) is 31.2 Å². The Morgan fingerprint density at radius 3 is 2.45 bits per heavy atom. The fourth-order valence-electron chi connectivity index (χ4n) is 4.09. The van der Waals surface area contributed by atoms with Crippen molar-refractivity contribution in [1.82, 2.24) is 19.2 Å². The maximum Gasteiger partial charge on any atom is 0.225 e. The molecule has 2 aliphatic heterocycles. The molecule has 156 valence electrons. The lowest BCUT2D eigenvalue weighted by Gasteiger charge is -2.38. The number of aromatic nitrogens is 2. The zero-order chi connectivity index (χ0) is 20.2. The van der Waals surface area contributed by atoms with Gasteiger partial charge in [0.25, 0.3) is 0 Å². The highest BCUT2D eigenvalue weighted by molar-refractivity contribution is 7.09. The molecule has 0 bridgehead atoms. The van der Waals surface area contributed by atoms with Gasteiger partial charge in [-0.2, -0.15) is 4.37 Å². The van der Waals surface area contributed by atoms with E-state index >= 15 is 0 Å². The molecule has 0 N–H and O–H groups in total. The van der Waals surface area contributed by atoms with Gasteiger partial charge in [0.15, 0.2) is 0 Å². The van der Waals surface area contributed by atoms with E-state index in [1.54, 1.807) is 0 Å². The Bertz CT molecular complexity index is 811. The molecule has 1 aromatic heterocycles. The van der Waals surface area contributed by atoms with Crippen molar-refractivity contribution in [2.45, 2.75) is 26.2 Å². The van der Waals surface area contributed by atoms with Crippen LogP contribution in [0.5, 0.6) is 0 Å². The molecule has 2 saturated heterocycles. The van der Waals surface area contributed by atoms with Crippen molar-refractivity contribution in [3.63, 3.8) is 0 Å². The van der Waals surface area contributed by atoms with Crippen LogP contribution in [0.4, 0.5) is 5.13 Å². The van der Waals surface area contributed by atoms with Crippen molar-refractivity contribution < 1.29 is 4.79 Å². The van der Waals surface area contributed by atoms with Crippen LogP contribution < -0.4 is 4.90 Å². The Hall–Kier alpha value is -1.70. The van der Waals surface area contributed by atoms with Gasteiger partial charge in [-0.3, -0.25) is 4.79 Å². The predicted molar refractivity (Wildman–Crippen MR) is 118 cm³/mol. The van der Waals surface area contributed by atoms with Crippen molar-refractivity contribution in [3.05, 3.63) is 40.7 Å².